The first kappa shape index (κ1) is 15.3. The lowest BCUT2D eigenvalue weighted by Gasteiger charge is -2.17. The van der Waals surface area contributed by atoms with E-state index in [0.717, 1.165) is 22.1 Å². The second kappa shape index (κ2) is 6.59. The van der Waals surface area contributed by atoms with Crippen LogP contribution in [0.3, 0.4) is 0 Å². The summed E-state index contributed by atoms with van der Waals surface area (Å²) in [4.78, 5) is 11.1. The minimum absolute atomic E-state index is 0.254. The third-order valence-corrected chi connectivity index (χ3v) is 3.31. The number of benzene rings is 2. The van der Waals surface area contributed by atoms with Gasteiger partial charge in [-0.05, 0) is 22.8 Å². The van der Waals surface area contributed by atoms with Gasteiger partial charge in [0.2, 0.25) is 0 Å². The molecular formula is C17H21NO3. The molecule has 4 nitrogen and oxygen atoms in total. The van der Waals surface area contributed by atoms with Crippen LogP contribution in [0.4, 0.5) is 0 Å². The van der Waals surface area contributed by atoms with Crippen molar-refractivity contribution in [3.63, 3.8) is 0 Å². The van der Waals surface area contributed by atoms with Crippen LogP contribution in [-0.4, -0.2) is 23.7 Å². The maximum atomic E-state index is 11.1. The molecule has 2 rings (SSSR count). The molecule has 0 heterocycles. The van der Waals surface area contributed by atoms with E-state index in [-0.39, 0.29) is 6.42 Å². The van der Waals surface area contributed by atoms with Crippen LogP contribution < -0.4 is 10.5 Å². The Hall–Kier alpha value is -2.07. The number of carbonyl (C=O) groups is 1. The summed E-state index contributed by atoms with van der Waals surface area (Å²) in [6.45, 7) is 4.74. The molecule has 0 amide bonds. The molecule has 1 unspecified atom stereocenters. The number of nitrogens with two attached hydrogens (primary N) is 1. The molecule has 0 radical (unpaired) electrons. The maximum absolute atomic E-state index is 11.1. The molecule has 2 aromatic rings. The van der Waals surface area contributed by atoms with Crippen LogP contribution in [0.1, 0.15) is 19.4 Å². The van der Waals surface area contributed by atoms with E-state index in [2.05, 4.69) is 13.8 Å². The van der Waals surface area contributed by atoms with Gasteiger partial charge in [-0.25, -0.2) is 0 Å². The quantitative estimate of drug-likeness (QED) is 0.857. The van der Waals surface area contributed by atoms with Crippen molar-refractivity contribution in [2.45, 2.75) is 26.3 Å². The summed E-state index contributed by atoms with van der Waals surface area (Å²) in [6, 6.07) is 10.8. The Morgan fingerprint density at radius 2 is 1.95 bits per heavy atom. The zero-order valence-electron chi connectivity index (χ0n) is 12.4. The van der Waals surface area contributed by atoms with Gasteiger partial charge < -0.3 is 15.6 Å². The van der Waals surface area contributed by atoms with Gasteiger partial charge in [0.05, 0.1) is 6.61 Å². The van der Waals surface area contributed by atoms with Crippen molar-refractivity contribution >= 4 is 16.7 Å². The largest absolute Gasteiger partial charge is 0.493 e. The summed E-state index contributed by atoms with van der Waals surface area (Å²) >= 11 is 0. The van der Waals surface area contributed by atoms with Gasteiger partial charge in [-0.3, -0.25) is 4.79 Å². The van der Waals surface area contributed by atoms with Gasteiger partial charge in [0, 0.05) is 12.0 Å². The highest BCUT2D eigenvalue weighted by atomic mass is 16.5. The molecule has 0 aliphatic rings. The Bertz CT molecular complexity index is 637. The Kier molecular flexibility index (Phi) is 4.81. The molecule has 21 heavy (non-hydrogen) atoms. The maximum Gasteiger partial charge on any atom is 0.320 e. The Morgan fingerprint density at radius 3 is 2.62 bits per heavy atom. The first-order chi connectivity index (χ1) is 9.99. The zero-order valence-corrected chi connectivity index (χ0v) is 12.4. The molecule has 0 saturated heterocycles. The summed E-state index contributed by atoms with van der Waals surface area (Å²) in [7, 11) is 0. The third kappa shape index (κ3) is 3.73. The predicted octanol–water partition coefficient (Wildman–Crippen LogP) is 2.83. The van der Waals surface area contributed by atoms with Gasteiger partial charge in [0.25, 0.3) is 0 Å². The van der Waals surface area contributed by atoms with E-state index >= 15 is 0 Å². The monoisotopic (exact) mass is 287 g/mol. The summed E-state index contributed by atoms with van der Waals surface area (Å²) in [5, 5.41) is 11.1. The number of carboxylic acids is 1. The molecule has 4 heteroatoms. The highest BCUT2D eigenvalue weighted by Gasteiger charge is 2.17. The summed E-state index contributed by atoms with van der Waals surface area (Å²) in [5.74, 6) is 0.120. The number of aliphatic carboxylic acids is 1. The second-order valence-electron chi connectivity index (χ2n) is 5.62. The number of rotatable bonds is 6. The van der Waals surface area contributed by atoms with Gasteiger partial charge in [-0.15, -0.1) is 0 Å². The zero-order chi connectivity index (χ0) is 15.4. The fraction of sp³-hybridized carbons (Fsp3) is 0.353. The van der Waals surface area contributed by atoms with Gasteiger partial charge in [-0.2, -0.15) is 0 Å². The van der Waals surface area contributed by atoms with Crippen molar-refractivity contribution in [3.05, 3.63) is 42.0 Å². The Balaban J connectivity index is 2.43. The van der Waals surface area contributed by atoms with Crippen molar-refractivity contribution in [1.82, 2.24) is 0 Å². The van der Waals surface area contributed by atoms with E-state index in [1.165, 1.54) is 0 Å². The fourth-order valence-electron chi connectivity index (χ4n) is 2.23. The molecule has 2 aromatic carbocycles. The lowest BCUT2D eigenvalue weighted by Crippen LogP contribution is -2.32. The van der Waals surface area contributed by atoms with Crippen LogP contribution in [0.5, 0.6) is 5.75 Å². The number of hydrogen-bond acceptors (Lipinski definition) is 3. The predicted molar refractivity (Wildman–Crippen MR) is 83.6 cm³/mol. The Labute approximate surface area is 124 Å². The van der Waals surface area contributed by atoms with Gasteiger partial charge in [-0.1, -0.05) is 44.2 Å². The average Bonchev–Trinajstić information content (AvgIpc) is 2.46. The molecule has 0 aromatic heterocycles. The molecule has 0 saturated carbocycles. The molecule has 0 fully saturated rings. The van der Waals surface area contributed by atoms with Gasteiger partial charge in [0.15, 0.2) is 0 Å². The number of carboxylic acid groups (broad SMARTS) is 1. The van der Waals surface area contributed by atoms with Crippen molar-refractivity contribution < 1.29 is 14.6 Å². The van der Waals surface area contributed by atoms with E-state index in [1.54, 1.807) is 0 Å². The van der Waals surface area contributed by atoms with Crippen molar-refractivity contribution in [2.24, 2.45) is 11.7 Å². The minimum Gasteiger partial charge on any atom is -0.493 e. The van der Waals surface area contributed by atoms with Crippen molar-refractivity contribution in [2.75, 3.05) is 6.61 Å². The fourth-order valence-corrected chi connectivity index (χ4v) is 2.23. The molecular weight excluding hydrogens is 266 g/mol. The molecule has 1 atom stereocenters. The summed E-state index contributed by atoms with van der Waals surface area (Å²) in [5.41, 5.74) is 6.57. The van der Waals surface area contributed by atoms with E-state index in [0.29, 0.717) is 12.5 Å². The van der Waals surface area contributed by atoms with E-state index in [1.807, 2.05) is 36.4 Å². The third-order valence-electron chi connectivity index (χ3n) is 3.31. The smallest absolute Gasteiger partial charge is 0.320 e. The SMILES string of the molecule is CC(C)COc1ccc2ccccc2c1CC(N)C(=O)O. The first-order valence-corrected chi connectivity index (χ1v) is 7.11. The van der Waals surface area contributed by atoms with Gasteiger partial charge >= 0.3 is 5.97 Å². The average molecular weight is 287 g/mol. The standard InChI is InChI=1S/C17H21NO3/c1-11(2)10-21-16-8-7-12-5-3-4-6-13(12)14(16)9-15(18)17(19)20/h3-8,11,15H,9-10,18H2,1-2H3,(H,19,20). The highest BCUT2D eigenvalue weighted by Crippen LogP contribution is 2.29. The van der Waals surface area contributed by atoms with E-state index in [4.69, 9.17) is 15.6 Å². The van der Waals surface area contributed by atoms with Crippen molar-refractivity contribution in [1.29, 1.82) is 0 Å². The van der Waals surface area contributed by atoms with Crippen LogP contribution in [-0.2, 0) is 11.2 Å². The van der Waals surface area contributed by atoms with Gasteiger partial charge in [0.1, 0.15) is 11.8 Å². The van der Waals surface area contributed by atoms with E-state index < -0.39 is 12.0 Å². The molecule has 3 N–H and O–H groups in total. The lowest BCUT2D eigenvalue weighted by atomic mass is 9.98. The molecule has 0 bridgehead atoms. The number of fused-ring (bicyclic) bond motifs is 1. The van der Waals surface area contributed by atoms with Crippen LogP contribution in [0, 0.1) is 5.92 Å². The summed E-state index contributed by atoms with van der Waals surface area (Å²) in [6.07, 6.45) is 0.254. The van der Waals surface area contributed by atoms with Crippen LogP contribution in [0.2, 0.25) is 0 Å². The second-order valence-corrected chi connectivity index (χ2v) is 5.62. The highest BCUT2D eigenvalue weighted by molar-refractivity contribution is 5.88. The molecule has 0 spiro atoms. The number of ether oxygens (including phenoxy) is 1. The Morgan fingerprint density at radius 1 is 1.24 bits per heavy atom. The molecule has 0 aliphatic heterocycles. The first-order valence-electron chi connectivity index (χ1n) is 7.11. The van der Waals surface area contributed by atoms with Crippen LogP contribution in [0.15, 0.2) is 36.4 Å². The topological polar surface area (TPSA) is 72.5 Å². The number of hydrogen-bond donors (Lipinski definition) is 2. The normalized spacial score (nSPS) is 12.6. The van der Waals surface area contributed by atoms with Crippen LogP contribution >= 0.6 is 0 Å². The molecule has 0 aliphatic carbocycles. The van der Waals surface area contributed by atoms with E-state index in [9.17, 15) is 4.79 Å². The van der Waals surface area contributed by atoms with Crippen molar-refractivity contribution in [3.8, 4) is 5.75 Å². The van der Waals surface area contributed by atoms with Crippen LogP contribution in [0.25, 0.3) is 10.8 Å². The molecule has 112 valence electrons. The minimum atomic E-state index is -1.00. The lowest BCUT2D eigenvalue weighted by molar-refractivity contribution is -0.138. The summed E-state index contributed by atoms with van der Waals surface area (Å²) < 4.78 is 5.84.